The lowest BCUT2D eigenvalue weighted by atomic mass is 9.84. The average Bonchev–Trinajstić information content (AvgIpc) is 2.93. The summed E-state index contributed by atoms with van der Waals surface area (Å²) in [5.41, 5.74) is 1.37. The van der Waals surface area contributed by atoms with Crippen molar-refractivity contribution in [3.8, 4) is 0 Å². The predicted octanol–water partition coefficient (Wildman–Crippen LogP) is 4.19. The molecule has 1 atom stereocenters. The summed E-state index contributed by atoms with van der Waals surface area (Å²) in [7, 11) is 0. The van der Waals surface area contributed by atoms with Crippen LogP contribution in [0.5, 0.6) is 0 Å². The van der Waals surface area contributed by atoms with E-state index in [1.54, 1.807) is 11.8 Å². The summed E-state index contributed by atoms with van der Waals surface area (Å²) in [5, 5.41) is 4.11. The van der Waals surface area contributed by atoms with Gasteiger partial charge in [-0.2, -0.15) is 0 Å². The number of hydrogen-bond acceptors (Lipinski definition) is 2. The van der Waals surface area contributed by atoms with Gasteiger partial charge < -0.3 is 5.32 Å². The van der Waals surface area contributed by atoms with Crippen molar-refractivity contribution in [3.05, 3.63) is 29.8 Å². The van der Waals surface area contributed by atoms with Gasteiger partial charge >= 0.3 is 0 Å². The molecule has 0 radical (unpaired) electrons. The van der Waals surface area contributed by atoms with Gasteiger partial charge in [0, 0.05) is 22.5 Å². The first-order chi connectivity index (χ1) is 9.65. The zero-order valence-corrected chi connectivity index (χ0v) is 14.5. The fourth-order valence-electron chi connectivity index (χ4n) is 2.51. The maximum atomic E-state index is 12.5. The van der Waals surface area contributed by atoms with E-state index in [4.69, 9.17) is 0 Å². The number of alkyl halides is 1. The maximum absolute atomic E-state index is 12.5. The number of thioether (sulfide) groups is 1. The minimum absolute atomic E-state index is 0.0120. The Morgan fingerprint density at radius 2 is 2.10 bits per heavy atom. The fourth-order valence-corrected chi connectivity index (χ4v) is 4.73. The molecule has 0 saturated carbocycles. The van der Waals surface area contributed by atoms with Gasteiger partial charge in [-0.1, -0.05) is 48.0 Å². The number of amides is 1. The number of rotatable bonds is 6. The van der Waals surface area contributed by atoms with Crippen LogP contribution in [0.25, 0.3) is 0 Å². The number of carbonyl (C=O) groups excluding carboxylic acids is 1. The third-order valence-electron chi connectivity index (χ3n) is 4.44. The van der Waals surface area contributed by atoms with Crippen molar-refractivity contribution in [2.24, 2.45) is 5.41 Å². The molecule has 0 aromatic heterocycles. The smallest absolute Gasteiger partial charge is 0.228 e. The summed E-state index contributed by atoms with van der Waals surface area (Å²) >= 11 is 5.38. The predicted molar refractivity (Wildman–Crippen MR) is 89.7 cm³/mol. The summed E-state index contributed by atoms with van der Waals surface area (Å²) in [6, 6.07) is 8.24. The molecular formula is C16H22BrNOS. The van der Waals surface area contributed by atoms with E-state index in [1.807, 2.05) is 12.1 Å². The Balaban J connectivity index is 2.00. The van der Waals surface area contributed by atoms with Gasteiger partial charge in [0.05, 0.1) is 5.92 Å². The van der Waals surface area contributed by atoms with Crippen LogP contribution < -0.4 is 5.32 Å². The van der Waals surface area contributed by atoms with E-state index >= 15 is 0 Å². The quantitative estimate of drug-likeness (QED) is 0.775. The van der Waals surface area contributed by atoms with Crippen molar-refractivity contribution in [1.29, 1.82) is 0 Å². The summed E-state index contributed by atoms with van der Waals surface area (Å²) < 4.78 is 0. The molecule has 0 aliphatic carbocycles. The minimum Gasteiger partial charge on any atom is -0.355 e. The van der Waals surface area contributed by atoms with Crippen LogP contribution in [-0.4, -0.2) is 23.5 Å². The average molecular weight is 356 g/mol. The minimum atomic E-state index is 0.0120. The molecule has 4 heteroatoms. The highest BCUT2D eigenvalue weighted by atomic mass is 79.9. The van der Waals surface area contributed by atoms with E-state index in [9.17, 15) is 4.79 Å². The monoisotopic (exact) mass is 355 g/mol. The Labute approximate surface area is 134 Å². The molecule has 110 valence electrons. The highest BCUT2D eigenvalue weighted by Gasteiger charge is 2.31. The largest absolute Gasteiger partial charge is 0.355 e. The van der Waals surface area contributed by atoms with Crippen LogP contribution in [0.15, 0.2) is 29.2 Å². The third-order valence-corrected chi connectivity index (χ3v) is 6.81. The number of halogens is 1. The van der Waals surface area contributed by atoms with Gasteiger partial charge in [-0.25, -0.2) is 0 Å². The Hall–Kier alpha value is -0.480. The van der Waals surface area contributed by atoms with E-state index < -0.39 is 0 Å². The molecule has 20 heavy (non-hydrogen) atoms. The molecule has 1 aromatic carbocycles. The lowest BCUT2D eigenvalue weighted by Crippen LogP contribution is -2.40. The molecule has 1 aliphatic rings. The van der Waals surface area contributed by atoms with Crippen molar-refractivity contribution >= 4 is 33.6 Å². The standard InChI is InChI=1S/C16H22BrNOS/c1-3-16(4-2,10-17)11-18-15(19)13-9-20-14-8-6-5-7-12(13)14/h5-8,13H,3-4,9-11H2,1-2H3,(H,18,19). The van der Waals surface area contributed by atoms with Crippen molar-refractivity contribution in [2.45, 2.75) is 37.5 Å². The lowest BCUT2D eigenvalue weighted by Gasteiger charge is -2.30. The van der Waals surface area contributed by atoms with Gasteiger partial charge in [0.1, 0.15) is 0 Å². The molecule has 1 N–H and O–H groups in total. The molecule has 0 saturated heterocycles. The maximum Gasteiger partial charge on any atom is 0.228 e. The Morgan fingerprint density at radius 1 is 1.40 bits per heavy atom. The van der Waals surface area contributed by atoms with Crippen LogP contribution >= 0.6 is 27.7 Å². The highest BCUT2D eigenvalue weighted by Crippen LogP contribution is 2.39. The van der Waals surface area contributed by atoms with Gasteiger partial charge in [-0.05, 0) is 29.9 Å². The van der Waals surface area contributed by atoms with Crippen molar-refractivity contribution in [1.82, 2.24) is 5.32 Å². The Bertz CT molecular complexity index is 465. The van der Waals surface area contributed by atoms with Crippen LogP contribution in [0.4, 0.5) is 0 Å². The Kier molecular flexibility index (Phi) is 5.56. The number of benzene rings is 1. The first-order valence-corrected chi connectivity index (χ1v) is 9.32. The van der Waals surface area contributed by atoms with Crippen molar-refractivity contribution in [2.75, 3.05) is 17.6 Å². The van der Waals surface area contributed by atoms with Crippen molar-refractivity contribution < 1.29 is 4.79 Å². The second-order valence-electron chi connectivity index (χ2n) is 5.46. The number of hydrogen-bond donors (Lipinski definition) is 1. The van der Waals surface area contributed by atoms with Crippen LogP contribution in [-0.2, 0) is 4.79 Å². The van der Waals surface area contributed by atoms with Crippen molar-refractivity contribution in [3.63, 3.8) is 0 Å². The molecule has 1 unspecified atom stereocenters. The molecular weight excluding hydrogens is 334 g/mol. The van der Waals surface area contributed by atoms with E-state index in [0.717, 1.165) is 30.5 Å². The highest BCUT2D eigenvalue weighted by molar-refractivity contribution is 9.09. The first-order valence-electron chi connectivity index (χ1n) is 7.21. The molecule has 0 spiro atoms. The zero-order chi connectivity index (χ0) is 14.6. The summed E-state index contributed by atoms with van der Waals surface area (Å²) in [6.45, 7) is 5.14. The molecule has 0 bridgehead atoms. The number of fused-ring (bicyclic) bond motifs is 1. The van der Waals surface area contributed by atoms with Gasteiger partial charge in [-0.15, -0.1) is 11.8 Å². The van der Waals surface area contributed by atoms with Gasteiger partial charge in [0.15, 0.2) is 0 Å². The number of nitrogens with one attached hydrogen (secondary N) is 1. The fraction of sp³-hybridized carbons (Fsp3) is 0.562. The summed E-state index contributed by atoms with van der Waals surface area (Å²) in [6.07, 6.45) is 2.15. The summed E-state index contributed by atoms with van der Waals surface area (Å²) in [4.78, 5) is 13.7. The Morgan fingerprint density at radius 3 is 2.75 bits per heavy atom. The van der Waals surface area contributed by atoms with Crippen LogP contribution in [0.3, 0.4) is 0 Å². The third kappa shape index (κ3) is 3.22. The van der Waals surface area contributed by atoms with Crippen LogP contribution in [0.2, 0.25) is 0 Å². The molecule has 1 heterocycles. The van der Waals surface area contributed by atoms with Gasteiger partial charge in [0.2, 0.25) is 5.91 Å². The van der Waals surface area contributed by atoms with Gasteiger partial charge in [0.25, 0.3) is 0 Å². The summed E-state index contributed by atoms with van der Waals surface area (Å²) in [5.74, 6) is 1.05. The number of carbonyl (C=O) groups is 1. The zero-order valence-electron chi connectivity index (χ0n) is 12.1. The normalized spacial score (nSPS) is 17.9. The van der Waals surface area contributed by atoms with Crippen LogP contribution in [0, 0.1) is 5.41 Å². The van der Waals surface area contributed by atoms with E-state index in [1.165, 1.54) is 10.5 Å². The van der Waals surface area contributed by atoms with E-state index in [0.29, 0.717) is 0 Å². The molecule has 1 aromatic rings. The van der Waals surface area contributed by atoms with E-state index in [-0.39, 0.29) is 17.2 Å². The molecule has 1 aliphatic heterocycles. The molecule has 1 amide bonds. The lowest BCUT2D eigenvalue weighted by molar-refractivity contribution is -0.122. The molecule has 2 nitrogen and oxygen atoms in total. The van der Waals surface area contributed by atoms with E-state index in [2.05, 4.69) is 47.2 Å². The molecule has 2 rings (SSSR count). The second kappa shape index (κ2) is 6.99. The van der Waals surface area contributed by atoms with Gasteiger partial charge in [-0.3, -0.25) is 4.79 Å². The second-order valence-corrected chi connectivity index (χ2v) is 7.08. The van der Waals surface area contributed by atoms with Crippen LogP contribution in [0.1, 0.15) is 38.2 Å². The first kappa shape index (κ1) is 15.9. The SMILES string of the molecule is CCC(CC)(CBr)CNC(=O)C1CSc2ccccc21. The molecule has 0 fully saturated rings. The topological polar surface area (TPSA) is 29.1 Å².